The molecule has 0 saturated heterocycles. The zero-order chi connectivity index (χ0) is 10.8. The molecule has 1 heteroatoms. The van der Waals surface area contributed by atoms with Gasteiger partial charge in [0, 0.05) is 0 Å². The minimum absolute atomic E-state index is 0.994. The summed E-state index contributed by atoms with van der Waals surface area (Å²) in [6.07, 6.45) is 10.6. The Morgan fingerprint density at radius 1 is 0.933 bits per heavy atom. The van der Waals surface area contributed by atoms with E-state index in [1.54, 1.807) is 0 Å². The van der Waals surface area contributed by atoms with E-state index in [0.29, 0.717) is 0 Å². The maximum absolute atomic E-state index is 4.18. The summed E-state index contributed by atoms with van der Waals surface area (Å²) in [7, 11) is 0. The van der Waals surface area contributed by atoms with E-state index in [4.69, 9.17) is 0 Å². The van der Waals surface area contributed by atoms with Gasteiger partial charge in [0.15, 0.2) is 0 Å². The van der Waals surface area contributed by atoms with Crippen molar-refractivity contribution >= 4 is 12.6 Å². The second kappa shape index (κ2) is 8.60. The van der Waals surface area contributed by atoms with E-state index < -0.39 is 0 Å². The highest BCUT2D eigenvalue weighted by Crippen LogP contribution is 2.05. The van der Waals surface area contributed by atoms with E-state index in [2.05, 4.69) is 55.1 Å². The lowest BCUT2D eigenvalue weighted by atomic mass is 10.1. The number of unbranched alkanes of at least 4 members (excludes halogenated alkanes) is 2. The van der Waals surface area contributed by atoms with Crippen molar-refractivity contribution < 1.29 is 0 Å². The summed E-state index contributed by atoms with van der Waals surface area (Å²) >= 11 is 4.18. The average molecular weight is 220 g/mol. The fourth-order valence-electron chi connectivity index (χ4n) is 1.51. The summed E-state index contributed by atoms with van der Waals surface area (Å²) in [6.45, 7) is 0. The van der Waals surface area contributed by atoms with Gasteiger partial charge in [-0.05, 0) is 43.4 Å². The van der Waals surface area contributed by atoms with Crippen LogP contribution < -0.4 is 0 Å². The van der Waals surface area contributed by atoms with Gasteiger partial charge < -0.3 is 0 Å². The van der Waals surface area contributed by atoms with Gasteiger partial charge in [-0.15, -0.1) is 0 Å². The van der Waals surface area contributed by atoms with Crippen LogP contribution in [-0.2, 0) is 6.42 Å². The zero-order valence-electron chi connectivity index (χ0n) is 9.23. The van der Waals surface area contributed by atoms with Crippen molar-refractivity contribution in [3.05, 3.63) is 48.0 Å². The Hall–Kier alpha value is -0.690. The molecule has 0 unspecified atom stereocenters. The van der Waals surface area contributed by atoms with Crippen LogP contribution in [0.4, 0.5) is 0 Å². The predicted octanol–water partition coefficient (Wildman–Crippen LogP) is 4.28. The van der Waals surface area contributed by atoms with Gasteiger partial charge in [-0.25, -0.2) is 0 Å². The molecule has 0 saturated carbocycles. The first-order chi connectivity index (χ1) is 7.43. The SMILES string of the molecule is SCCCC=CCCCc1ccccc1. The van der Waals surface area contributed by atoms with Crippen molar-refractivity contribution in [1.29, 1.82) is 0 Å². The maximum atomic E-state index is 4.18. The molecule has 0 aliphatic heterocycles. The maximum Gasteiger partial charge on any atom is -0.00950 e. The number of hydrogen-bond donors (Lipinski definition) is 1. The summed E-state index contributed by atoms with van der Waals surface area (Å²) in [5, 5.41) is 0. The molecule has 0 heterocycles. The fourth-order valence-corrected chi connectivity index (χ4v) is 1.70. The van der Waals surface area contributed by atoms with Crippen LogP contribution in [0.2, 0.25) is 0 Å². The van der Waals surface area contributed by atoms with Crippen LogP contribution in [0, 0.1) is 0 Å². The van der Waals surface area contributed by atoms with Gasteiger partial charge in [-0.2, -0.15) is 12.6 Å². The Morgan fingerprint density at radius 2 is 1.60 bits per heavy atom. The molecule has 1 aromatic rings. The van der Waals surface area contributed by atoms with Gasteiger partial charge in [-0.3, -0.25) is 0 Å². The molecule has 82 valence electrons. The van der Waals surface area contributed by atoms with E-state index in [1.807, 2.05) is 0 Å². The minimum Gasteiger partial charge on any atom is -0.179 e. The number of thiol groups is 1. The van der Waals surface area contributed by atoms with Gasteiger partial charge in [0.1, 0.15) is 0 Å². The lowest BCUT2D eigenvalue weighted by molar-refractivity contribution is 0.837. The first kappa shape index (κ1) is 12.4. The van der Waals surface area contributed by atoms with E-state index in [0.717, 1.165) is 5.75 Å². The number of hydrogen-bond acceptors (Lipinski definition) is 1. The summed E-state index contributed by atoms with van der Waals surface area (Å²) < 4.78 is 0. The van der Waals surface area contributed by atoms with Crippen LogP contribution >= 0.6 is 12.6 Å². The Kier molecular flexibility index (Phi) is 7.10. The second-order valence-electron chi connectivity index (χ2n) is 3.72. The Balaban J connectivity index is 2.04. The highest BCUT2D eigenvalue weighted by Gasteiger charge is 1.89. The first-order valence-corrected chi connectivity index (χ1v) is 6.36. The molecule has 1 aromatic carbocycles. The molecule has 0 aromatic heterocycles. The van der Waals surface area contributed by atoms with E-state index in [1.165, 1.54) is 37.7 Å². The molecule has 0 bridgehead atoms. The van der Waals surface area contributed by atoms with Crippen LogP contribution in [0.3, 0.4) is 0 Å². The topological polar surface area (TPSA) is 0 Å². The van der Waals surface area contributed by atoms with Crippen LogP contribution in [-0.4, -0.2) is 5.75 Å². The highest BCUT2D eigenvalue weighted by molar-refractivity contribution is 7.80. The van der Waals surface area contributed by atoms with Crippen LogP contribution in [0.25, 0.3) is 0 Å². The number of benzene rings is 1. The Morgan fingerprint density at radius 3 is 2.27 bits per heavy atom. The smallest absolute Gasteiger partial charge is 0.00950 e. The third-order valence-corrected chi connectivity index (χ3v) is 2.69. The molecule has 0 amide bonds. The van der Waals surface area contributed by atoms with Crippen molar-refractivity contribution in [3.63, 3.8) is 0 Å². The summed E-state index contributed by atoms with van der Waals surface area (Å²) in [5.74, 6) is 0.994. The number of aryl methyl sites for hydroxylation is 1. The second-order valence-corrected chi connectivity index (χ2v) is 4.16. The molecule has 0 aliphatic carbocycles. The summed E-state index contributed by atoms with van der Waals surface area (Å²) in [5.41, 5.74) is 1.45. The van der Waals surface area contributed by atoms with Gasteiger partial charge >= 0.3 is 0 Å². The van der Waals surface area contributed by atoms with Crippen molar-refractivity contribution in [3.8, 4) is 0 Å². The highest BCUT2D eigenvalue weighted by atomic mass is 32.1. The molecule has 0 N–H and O–H groups in total. The number of rotatable bonds is 7. The summed E-state index contributed by atoms with van der Waals surface area (Å²) in [4.78, 5) is 0. The van der Waals surface area contributed by atoms with Gasteiger partial charge in [0.05, 0.1) is 0 Å². The molecule has 0 spiro atoms. The fraction of sp³-hybridized carbons (Fsp3) is 0.429. The first-order valence-electron chi connectivity index (χ1n) is 5.73. The van der Waals surface area contributed by atoms with Crippen molar-refractivity contribution in [2.24, 2.45) is 0 Å². The van der Waals surface area contributed by atoms with Crippen LogP contribution in [0.15, 0.2) is 42.5 Å². The molecule has 0 fully saturated rings. The molecule has 1 rings (SSSR count). The predicted molar refractivity (Wildman–Crippen MR) is 71.6 cm³/mol. The molecular weight excluding hydrogens is 200 g/mol. The molecule has 0 atom stereocenters. The molecule has 15 heavy (non-hydrogen) atoms. The van der Waals surface area contributed by atoms with Gasteiger partial charge in [-0.1, -0.05) is 42.5 Å². The average Bonchev–Trinajstić information content (AvgIpc) is 2.29. The third kappa shape index (κ3) is 6.40. The monoisotopic (exact) mass is 220 g/mol. The van der Waals surface area contributed by atoms with Crippen molar-refractivity contribution in [1.82, 2.24) is 0 Å². The normalized spacial score (nSPS) is 11.0. The van der Waals surface area contributed by atoms with Crippen LogP contribution in [0.5, 0.6) is 0 Å². The summed E-state index contributed by atoms with van der Waals surface area (Å²) in [6, 6.07) is 10.7. The molecule has 0 aliphatic rings. The minimum atomic E-state index is 0.994. The Bertz CT molecular complexity index is 264. The van der Waals surface area contributed by atoms with Crippen LogP contribution in [0.1, 0.15) is 31.2 Å². The van der Waals surface area contributed by atoms with Gasteiger partial charge in [0.25, 0.3) is 0 Å². The molecular formula is C14H20S. The van der Waals surface area contributed by atoms with Crippen molar-refractivity contribution in [2.45, 2.75) is 32.1 Å². The van der Waals surface area contributed by atoms with Gasteiger partial charge in [0.2, 0.25) is 0 Å². The lowest BCUT2D eigenvalue weighted by Gasteiger charge is -1.97. The molecule has 0 nitrogen and oxygen atoms in total. The lowest BCUT2D eigenvalue weighted by Crippen LogP contribution is -1.82. The standard InChI is InChI=1S/C14H20S/c15-13-9-4-2-1-3-6-10-14-11-7-5-8-12-14/h1-2,5,7-8,11-12,15H,3-4,6,9-10,13H2. The third-order valence-electron chi connectivity index (χ3n) is 2.37. The zero-order valence-corrected chi connectivity index (χ0v) is 10.1. The molecule has 0 radical (unpaired) electrons. The Labute approximate surface area is 98.8 Å². The van der Waals surface area contributed by atoms with Crippen molar-refractivity contribution in [2.75, 3.05) is 5.75 Å². The quantitative estimate of drug-likeness (QED) is 0.396. The van der Waals surface area contributed by atoms with E-state index >= 15 is 0 Å². The number of allylic oxidation sites excluding steroid dienone is 2. The largest absolute Gasteiger partial charge is 0.179 e. The van der Waals surface area contributed by atoms with E-state index in [-0.39, 0.29) is 0 Å². The van der Waals surface area contributed by atoms with E-state index in [9.17, 15) is 0 Å².